The van der Waals surface area contributed by atoms with Crippen LogP contribution in [0.25, 0.3) is 0 Å². The zero-order valence-corrected chi connectivity index (χ0v) is 21.1. The molecule has 188 valence electrons. The van der Waals surface area contributed by atoms with Crippen molar-refractivity contribution in [3.05, 3.63) is 130 Å². The van der Waals surface area contributed by atoms with Crippen molar-refractivity contribution in [2.45, 2.75) is 19.1 Å². The summed E-state index contributed by atoms with van der Waals surface area (Å²) in [5, 5.41) is 16.2. The Bertz CT molecular complexity index is 1320. The van der Waals surface area contributed by atoms with E-state index in [1.165, 1.54) is 6.21 Å². The van der Waals surface area contributed by atoms with Crippen molar-refractivity contribution in [1.82, 2.24) is 5.43 Å². The molecule has 0 atom stereocenters. The molecule has 2 N–H and O–H groups in total. The largest absolute Gasteiger partial charge is 0.490 e. The van der Waals surface area contributed by atoms with Gasteiger partial charge in [-0.3, -0.25) is 4.79 Å². The van der Waals surface area contributed by atoms with Gasteiger partial charge in [0.2, 0.25) is 0 Å². The molecule has 4 rings (SSSR count). The van der Waals surface area contributed by atoms with Gasteiger partial charge >= 0.3 is 0 Å². The Labute approximate surface area is 221 Å². The Morgan fingerprint density at radius 2 is 1.51 bits per heavy atom. The van der Waals surface area contributed by atoms with Gasteiger partial charge in [-0.15, -0.1) is 0 Å². The first-order valence-electron chi connectivity index (χ1n) is 11.8. The molecule has 0 aliphatic heterocycles. The van der Waals surface area contributed by atoms with E-state index in [-0.39, 0.29) is 0 Å². The third-order valence-electron chi connectivity index (χ3n) is 5.70. The van der Waals surface area contributed by atoms with Crippen LogP contribution in [-0.2, 0) is 17.0 Å². The van der Waals surface area contributed by atoms with Crippen molar-refractivity contribution in [2.24, 2.45) is 5.10 Å². The standard InChI is InChI=1S/C30H27ClN2O4/c1-2-36-28-19-22(17-18-27(28)37-21-23-11-9-10-16-26(23)31)20-32-33-29(34)30(35,24-12-5-3-6-13-24)25-14-7-4-8-15-25/h3-20,35H,2,21H2,1H3,(H,33,34)/b32-20-. The molecule has 0 spiro atoms. The quantitative estimate of drug-likeness (QED) is 0.210. The number of hydrogen-bond acceptors (Lipinski definition) is 5. The second-order valence-electron chi connectivity index (χ2n) is 8.16. The molecule has 0 radical (unpaired) electrons. The maximum absolute atomic E-state index is 13.2. The fraction of sp³-hybridized carbons (Fsp3) is 0.133. The van der Waals surface area contributed by atoms with Gasteiger partial charge in [-0.2, -0.15) is 5.10 Å². The predicted molar refractivity (Wildman–Crippen MR) is 145 cm³/mol. The lowest BCUT2D eigenvalue weighted by atomic mass is 9.85. The van der Waals surface area contributed by atoms with Crippen molar-refractivity contribution in [3.63, 3.8) is 0 Å². The fourth-order valence-electron chi connectivity index (χ4n) is 3.80. The SMILES string of the molecule is CCOc1cc(/C=N\NC(=O)C(O)(c2ccccc2)c2ccccc2)ccc1OCc1ccccc1Cl. The molecule has 7 heteroatoms. The van der Waals surface area contributed by atoms with Crippen LogP contribution < -0.4 is 14.9 Å². The molecule has 0 aliphatic carbocycles. The zero-order chi connectivity index (χ0) is 26.1. The normalized spacial score (nSPS) is 11.3. The van der Waals surface area contributed by atoms with E-state index in [9.17, 15) is 9.90 Å². The van der Waals surface area contributed by atoms with Gasteiger partial charge in [-0.1, -0.05) is 90.5 Å². The Hall–Kier alpha value is -4.13. The summed E-state index contributed by atoms with van der Waals surface area (Å²) in [7, 11) is 0. The number of nitrogens with zero attached hydrogens (tertiary/aromatic N) is 1. The van der Waals surface area contributed by atoms with E-state index >= 15 is 0 Å². The van der Waals surface area contributed by atoms with Gasteiger partial charge in [-0.05, 0) is 47.9 Å². The third-order valence-corrected chi connectivity index (χ3v) is 6.07. The summed E-state index contributed by atoms with van der Waals surface area (Å²) in [4.78, 5) is 13.2. The lowest BCUT2D eigenvalue weighted by Crippen LogP contribution is -2.43. The summed E-state index contributed by atoms with van der Waals surface area (Å²) in [5.41, 5.74) is 2.99. The first kappa shape index (κ1) is 25.9. The van der Waals surface area contributed by atoms with Crippen LogP contribution in [-0.4, -0.2) is 23.8 Å². The average Bonchev–Trinajstić information content (AvgIpc) is 2.94. The Morgan fingerprint density at radius 3 is 2.14 bits per heavy atom. The number of hydrazone groups is 1. The molecule has 6 nitrogen and oxygen atoms in total. The fourth-order valence-corrected chi connectivity index (χ4v) is 3.99. The summed E-state index contributed by atoms with van der Waals surface area (Å²) in [6.45, 7) is 2.62. The molecule has 0 heterocycles. The second kappa shape index (κ2) is 12.2. The molecular weight excluding hydrogens is 488 g/mol. The molecule has 0 unspecified atom stereocenters. The first-order valence-corrected chi connectivity index (χ1v) is 12.2. The highest BCUT2D eigenvalue weighted by atomic mass is 35.5. The molecule has 1 amide bonds. The number of halogens is 1. The minimum absolute atomic E-state index is 0.292. The minimum Gasteiger partial charge on any atom is -0.490 e. The number of ether oxygens (including phenoxy) is 2. The lowest BCUT2D eigenvalue weighted by molar-refractivity contribution is -0.136. The molecule has 37 heavy (non-hydrogen) atoms. The van der Waals surface area contributed by atoms with Gasteiger partial charge in [0.1, 0.15) is 6.61 Å². The van der Waals surface area contributed by atoms with Crippen LogP contribution in [0.3, 0.4) is 0 Å². The Balaban J connectivity index is 1.51. The molecule has 0 aromatic heterocycles. The predicted octanol–water partition coefficient (Wildman–Crippen LogP) is 5.70. The Kier molecular flexibility index (Phi) is 8.56. The summed E-state index contributed by atoms with van der Waals surface area (Å²) in [5.74, 6) is 0.422. The summed E-state index contributed by atoms with van der Waals surface area (Å²) in [6, 6.07) is 30.3. The monoisotopic (exact) mass is 514 g/mol. The minimum atomic E-state index is -1.91. The summed E-state index contributed by atoms with van der Waals surface area (Å²) < 4.78 is 11.7. The smallest absolute Gasteiger partial charge is 0.281 e. The van der Waals surface area contributed by atoms with Gasteiger partial charge in [0, 0.05) is 10.6 Å². The number of benzene rings is 4. The number of carbonyl (C=O) groups is 1. The van der Waals surface area contributed by atoms with Crippen LogP contribution in [0.1, 0.15) is 29.2 Å². The highest BCUT2D eigenvalue weighted by Crippen LogP contribution is 2.31. The van der Waals surface area contributed by atoms with Crippen molar-refractivity contribution < 1.29 is 19.4 Å². The van der Waals surface area contributed by atoms with Gasteiger partial charge in [0.25, 0.3) is 5.91 Å². The summed E-state index contributed by atoms with van der Waals surface area (Å²) >= 11 is 6.23. The molecule has 0 saturated carbocycles. The van der Waals surface area contributed by atoms with Crippen LogP contribution in [0.4, 0.5) is 0 Å². The van der Waals surface area contributed by atoms with Crippen molar-refractivity contribution in [3.8, 4) is 11.5 Å². The van der Waals surface area contributed by atoms with E-state index in [1.54, 1.807) is 66.7 Å². The van der Waals surface area contributed by atoms with E-state index in [0.29, 0.717) is 46.4 Å². The first-order chi connectivity index (χ1) is 18.0. The van der Waals surface area contributed by atoms with E-state index in [0.717, 1.165) is 5.56 Å². The van der Waals surface area contributed by atoms with Gasteiger partial charge in [0.15, 0.2) is 17.1 Å². The van der Waals surface area contributed by atoms with Crippen molar-refractivity contribution in [1.29, 1.82) is 0 Å². The number of aliphatic hydroxyl groups is 1. The molecular formula is C30H27ClN2O4. The highest BCUT2D eigenvalue weighted by molar-refractivity contribution is 6.31. The molecule has 4 aromatic carbocycles. The topological polar surface area (TPSA) is 80.2 Å². The lowest BCUT2D eigenvalue weighted by Gasteiger charge is -2.27. The molecule has 0 fully saturated rings. The van der Waals surface area contributed by atoms with E-state index in [1.807, 2.05) is 43.3 Å². The van der Waals surface area contributed by atoms with E-state index < -0.39 is 11.5 Å². The third kappa shape index (κ3) is 6.17. The van der Waals surface area contributed by atoms with Crippen molar-refractivity contribution in [2.75, 3.05) is 6.61 Å². The van der Waals surface area contributed by atoms with Gasteiger partial charge < -0.3 is 14.6 Å². The Morgan fingerprint density at radius 1 is 0.892 bits per heavy atom. The van der Waals surface area contributed by atoms with Crippen molar-refractivity contribution >= 4 is 23.7 Å². The highest BCUT2D eigenvalue weighted by Gasteiger charge is 2.39. The van der Waals surface area contributed by atoms with Gasteiger partial charge in [0.05, 0.1) is 12.8 Å². The van der Waals surface area contributed by atoms with Crippen LogP contribution in [0.15, 0.2) is 108 Å². The average molecular weight is 515 g/mol. The number of nitrogens with one attached hydrogen (secondary N) is 1. The van der Waals surface area contributed by atoms with Gasteiger partial charge in [-0.25, -0.2) is 5.43 Å². The van der Waals surface area contributed by atoms with Crippen LogP contribution in [0, 0.1) is 0 Å². The van der Waals surface area contributed by atoms with Crippen LogP contribution >= 0.6 is 11.6 Å². The van der Waals surface area contributed by atoms with E-state index in [4.69, 9.17) is 21.1 Å². The number of rotatable bonds is 10. The molecule has 0 aliphatic rings. The zero-order valence-electron chi connectivity index (χ0n) is 20.3. The summed E-state index contributed by atoms with van der Waals surface area (Å²) in [6.07, 6.45) is 1.48. The van der Waals surface area contributed by atoms with Crippen LogP contribution in [0.5, 0.6) is 11.5 Å². The molecule has 4 aromatic rings. The maximum Gasteiger partial charge on any atom is 0.281 e. The number of hydrogen-bond donors (Lipinski definition) is 2. The second-order valence-corrected chi connectivity index (χ2v) is 8.57. The number of carbonyl (C=O) groups excluding carboxylic acids is 1. The van der Waals surface area contributed by atoms with Crippen LogP contribution in [0.2, 0.25) is 5.02 Å². The molecule has 0 saturated heterocycles. The maximum atomic E-state index is 13.2. The molecule has 0 bridgehead atoms. The van der Waals surface area contributed by atoms with E-state index in [2.05, 4.69) is 10.5 Å². The number of amides is 1.